The molecular weight excluding hydrogens is 809 g/mol. The molecular formula is C42H41Cl2N11O5. The van der Waals surface area contributed by atoms with Crippen LogP contribution in [0.5, 0.6) is 11.5 Å². The SMILES string of the molecule is C=CC(=O)Cc1ccc(Nc2ncc(Cl)c(Nc3ccccc3C(=O)NC)n2)c(OC)c1.CNC(=O)c1ccccc1Nc1nc(Nc2ccc(N)cc2OC)ncc1Cl. The van der Waals surface area contributed by atoms with Gasteiger partial charge in [-0.1, -0.05) is 60.1 Å². The normalized spacial score (nSPS) is 10.2. The van der Waals surface area contributed by atoms with Gasteiger partial charge in [0.05, 0.1) is 60.5 Å². The van der Waals surface area contributed by atoms with Crippen molar-refractivity contribution in [1.29, 1.82) is 0 Å². The molecule has 8 N–H and O–H groups in total. The van der Waals surface area contributed by atoms with Crippen LogP contribution in [0.1, 0.15) is 26.3 Å². The molecule has 16 nitrogen and oxygen atoms in total. The third-order valence-corrected chi connectivity index (χ3v) is 8.94. The Morgan fingerprint density at radius 1 is 0.667 bits per heavy atom. The summed E-state index contributed by atoms with van der Waals surface area (Å²) >= 11 is 12.5. The van der Waals surface area contributed by atoms with Gasteiger partial charge in [-0.3, -0.25) is 14.4 Å². The van der Waals surface area contributed by atoms with E-state index in [4.69, 9.17) is 38.4 Å². The van der Waals surface area contributed by atoms with Crippen LogP contribution in [0.4, 0.5) is 52.0 Å². The highest BCUT2D eigenvalue weighted by atomic mass is 35.5. The van der Waals surface area contributed by atoms with Crippen molar-refractivity contribution in [3.8, 4) is 11.5 Å². The molecule has 0 saturated carbocycles. The second-order valence-electron chi connectivity index (χ2n) is 12.4. The summed E-state index contributed by atoms with van der Waals surface area (Å²) in [5.41, 5.74) is 10.4. The summed E-state index contributed by atoms with van der Waals surface area (Å²) in [6.45, 7) is 3.49. The first-order valence-corrected chi connectivity index (χ1v) is 18.7. The van der Waals surface area contributed by atoms with E-state index in [0.717, 1.165) is 5.56 Å². The Kier molecular flexibility index (Phi) is 15.2. The quantitative estimate of drug-likeness (QED) is 0.0387. The molecule has 6 aromatic rings. The fourth-order valence-electron chi connectivity index (χ4n) is 5.41. The number of carbonyl (C=O) groups excluding carboxylic acids is 3. The van der Waals surface area contributed by atoms with E-state index in [1.54, 1.807) is 100 Å². The van der Waals surface area contributed by atoms with Gasteiger partial charge in [-0.2, -0.15) is 9.97 Å². The maximum Gasteiger partial charge on any atom is 0.253 e. The van der Waals surface area contributed by atoms with Crippen LogP contribution in [0, 0.1) is 0 Å². The molecule has 60 heavy (non-hydrogen) atoms. The number of nitrogens with two attached hydrogens (primary N) is 1. The first-order chi connectivity index (χ1) is 29.0. The Balaban J connectivity index is 0.000000230. The van der Waals surface area contributed by atoms with Crippen molar-refractivity contribution in [2.45, 2.75) is 6.42 Å². The number of aromatic nitrogens is 4. The molecule has 18 heteroatoms. The molecule has 2 heterocycles. The van der Waals surface area contributed by atoms with E-state index in [1.165, 1.54) is 25.6 Å². The number of carbonyl (C=O) groups is 3. The van der Waals surface area contributed by atoms with E-state index in [1.807, 2.05) is 6.07 Å². The molecule has 0 unspecified atom stereocenters. The highest BCUT2D eigenvalue weighted by Crippen LogP contribution is 2.32. The van der Waals surface area contributed by atoms with Crippen molar-refractivity contribution in [2.75, 3.05) is 55.3 Å². The van der Waals surface area contributed by atoms with Gasteiger partial charge in [0.25, 0.3) is 11.8 Å². The van der Waals surface area contributed by atoms with Gasteiger partial charge >= 0.3 is 0 Å². The summed E-state index contributed by atoms with van der Waals surface area (Å²) in [5.74, 6) is 1.78. The fraction of sp³-hybridized carbons (Fsp3) is 0.119. The van der Waals surface area contributed by atoms with Crippen molar-refractivity contribution in [1.82, 2.24) is 30.6 Å². The maximum atomic E-state index is 12.1. The average Bonchev–Trinajstić information content (AvgIpc) is 3.27. The molecule has 2 amide bonds. The lowest BCUT2D eigenvalue weighted by molar-refractivity contribution is -0.114. The number of amides is 2. The minimum absolute atomic E-state index is 0.0819. The largest absolute Gasteiger partial charge is 0.495 e. The third kappa shape index (κ3) is 11.4. The number of halogens is 2. The average molecular weight is 851 g/mol. The molecule has 0 aliphatic carbocycles. The van der Waals surface area contributed by atoms with Crippen molar-refractivity contribution in [3.63, 3.8) is 0 Å². The number of rotatable bonds is 15. The molecule has 6 rings (SSSR count). The summed E-state index contributed by atoms with van der Waals surface area (Å²) in [6.07, 6.45) is 4.43. The van der Waals surface area contributed by atoms with E-state index >= 15 is 0 Å². The molecule has 0 bridgehead atoms. The smallest absolute Gasteiger partial charge is 0.253 e. The highest BCUT2D eigenvalue weighted by molar-refractivity contribution is 6.33. The molecule has 0 radical (unpaired) electrons. The highest BCUT2D eigenvalue weighted by Gasteiger charge is 2.16. The molecule has 0 saturated heterocycles. The van der Waals surface area contributed by atoms with Gasteiger partial charge in [0.2, 0.25) is 11.9 Å². The number of allylic oxidation sites excluding steroid dienone is 1. The summed E-state index contributed by atoms with van der Waals surface area (Å²) in [5, 5.41) is 18.1. The molecule has 308 valence electrons. The van der Waals surface area contributed by atoms with Crippen LogP contribution in [0.15, 0.2) is 110 Å². The van der Waals surface area contributed by atoms with Gasteiger partial charge in [-0.05, 0) is 60.2 Å². The van der Waals surface area contributed by atoms with Crippen LogP contribution in [0.3, 0.4) is 0 Å². The third-order valence-electron chi connectivity index (χ3n) is 8.38. The molecule has 0 fully saturated rings. The first kappa shape index (κ1) is 43.7. The monoisotopic (exact) mass is 849 g/mol. The number of ketones is 1. The zero-order chi connectivity index (χ0) is 43.2. The van der Waals surface area contributed by atoms with E-state index in [9.17, 15) is 14.4 Å². The van der Waals surface area contributed by atoms with Crippen LogP contribution >= 0.6 is 23.2 Å². The number of nitrogen functional groups attached to an aromatic ring is 1. The number of anilines is 9. The number of hydrogen-bond acceptors (Lipinski definition) is 14. The Labute approximate surface area is 356 Å². The number of ether oxygens (including phenoxy) is 2. The second-order valence-corrected chi connectivity index (χ2v) is 13.2. The second kappa shape index (κ2) is 20.8. The van der Waals surface area contributed by atoms with Crippen molar-refractivity contribution < 1.29 is 23.9 Å². The Morgan fingerprint density at radius 3 is 1.60 bits per heavy atom. The lowest BCUT2D eigenvalue weighted by Crippen LogP contribution is -2.19. The number of benzene rings is 4. The fourth-order valence-corrected chi connectivity index (χ4v) is 5.69. The maximum absolute atomic E-state index is 12.1. The molecule has 2 aromatic heterocycles. The Bertz CT molecular complexity index is 2520. The Hall–Kier alpha value is -7.43. The minimum atomic E-state index is -0.239. The minimum Gasteiger partial charge on any atom is -0.495 e. The van der Waals surface area contributed by atoms with Crippen LogP contribution in [0.25, 0.3) is 0 Å². The number of nitrogens with zero attached hydrogens (tertiary/aromatic N) is 4. The zero-order valence-corrected chi connectivity index (χ0v) is 34.4. The van der Waals surface area contributed by atoms with Gasteiger partial charge < -0.3 is 47.1 Å². The summed E-state index contributed by atoms with van der Waals surface area (Å²) < 4.78 is 10.8. The number of hydrogen-bond donors (Lipinski definition) is 7. The topological polar surface area (TPSA) is 219 Å². The van der Waals surface area contributed by atoms with Crippen molar-refractivity contribution >= 4 is 92.8 Å². The van der Waals surface area contributed by atoms with Crippen LogP contribution in [-0.2, 0) is 11.2 Å². The molecule has 4 aromatic carbocycles. The molecule has 0 aliphatic heterocycles. The van der Waals surface area contributed by atoms with E-state index < -0.39 is 0 Å². The number of para-hydroxylation sites is 2. The predicted molar refractivity (Wildman–Crippen MR) is 236 cm³/mol. The molecule has 0 aliphatic rings. The van der Waals surface area contributed by atoms with E-state index in [0.29, 0.717) is 73.7 Å². The molecule has 0 spiro atoms. The van der Waals surface area contributed by atoms with Crippen LogP contribution in [0.2, 0.25) is 10.0 Å². The summed E-state index contributed by atoms with van der Waals surface area (Å²) in [4.78, 5) is 53.0. The van der Waals surface area contributed by atoms with Crippen molar-refractivity contribution in [2.24, 2.45) is 0 Å². The zero-order valence-electron chi connectivity index (χ0n) is 32.9. The van der Waals surface area contributed by atoms with Crippen molar-refractivity contribution in [3.05, 3.63) is 137 Å². The van der Waals surface area contributed by atoms with Gasteiger partial charge in [-0.15, -0.1) is 0 Å². The standard InChI is InChI=1S/C23H22ClN5O3.C19H19ClN6O2/c1-4-15(30)11-14-9-10-19(20(12-14)32-3)28-23-26-13-17(24)21(29-23)27-18-8-6-5-7-16(18)22(31)25-2;1-22-18(27)12-5-3-4-6-14(12)24-17-13(20)10-23-19(26-17)25-15-8-7-11(21)9-16(15)28-2/h4-10,12-13H,1,11H2,2-3H3,(H,25,31)(H2,26,27,28,29);3-10H,21H2,1-2H3,(H,22,27)(H2,23,24,25,26). The first-order valence-electron chi connectivity index (χ1n) is 18.0. The predicted octanol–water partition coefficient (Wildman–Crippen LogP) is 7.85. The summed E-state index contributed by atoms with van der Waals surface area (Å²) in [6, 6.07) is 24.6. The van der Waals surface area contributed by atoms with E-state index in [2.05, 4.69) is 58.4 Å². The number of methoxy groups -OCH3 is 2. The van der Waals surface area contributed by atoms with Gasteiger partial charge in [0.15, 0.2) is 17.4 Å². The van der Waals surface area contributed by atoms with Gasteiger partial charge in [0.1, 0.15) is 21.5 Å². The lowest BCUT2D eigenvalue weighted by Gasteiger charge is -2.14. The number of nitrogens with one attached hydrogen (secondary N) is 6. The molecule has 0 atom stereocenters. The Morgan fingerprint density at radius 2 is 1.13 bits per heavy atom. The van der Waals surface area contributed by atoms with Gasteiger partial charge in [0, 0.05) is 32.3 Å². The van der Waals surface area contributed by atoms with Crippen LogP contribution in [-0.4, -0.2) is 65.8 Å². The van der Waals surface area contributed by atoms with E-state index in [-0.39, 0.29) is 35.0 Å². The van der Waals surface area contributed by atoms with Crippen LogP contribution < -0.4 is 47.1 Å². The van der Waals surface area contributed by atoms with Gasteiger partial charge in [-0.25, -0.2) is 9.97 Å². The lowest BCUT2D eigenvalue weighted by atomic mass is 10.1. The summed E-state index contributed by atoms with van der Waals surface area (Å²) in [7, 11) is 6.21.